The van der Waals surface area contributed by atoms with Crippen molar-refractivity contribution in [3.8, 4) is 5.75 Å². The van der Waals surface area contributed by atoms with Crippen molar-refractivity contribution in [2.75, 3.05) is 6.61 Å². The number of carbonyl (C=O) groups excluding carboxylic acids is 3. The second-order valence-electron chi connectivity index (χ2n) is 6.35. The van der Waals surface area contributed by atoms with Crippen molar-refractivity contribution in [2.24, 2.45) is 5.92 Å². The number of fused-ring (bicyclic) bond motifs is 2. The van der Waals surface area contributed by atoms with Crippen LogP contribution in [0.25, 0.3) is 0 Å². The SMILES string of the molecule is O=C(O)C(=O)NC1=C(C(=O)O)C2C=C(Oc3cccc4c3C(=O)NC4=O)OCC2S1. The molecule has 0 fully saturated rings. The lowest BCUT2D eigenvalue weighted by Gasteiger charge is -2.25. The number of rotatable bonds is 4. The van der Waals surface area contributed by atoms with Crippen LogP contribution in [0.15, 0.2) is 40.8 Å². The van der Waals surface area contributed by atoms with Gasteiger partial charge in [0, 0.05) is 12.0 Å². The lowest BCUT2D eigenvalue weighted by Crippen LogP contribution is -2.30. The molecule has 2 unspecified atom stereocenters. The van der Waals surface area contributed by atoms with Gasteiger partial charge in [0.25, 0.3) is 17.8 Å². The summed E-state index contributed by atoms with van der Waals surface area (Å²) in [6, 6.07) is 4.44. The molecule has 4 rings (SSSR count). The van der Waals surface area contributed by atoms with Gasteiger partial charge in [-0.15, -0.1) is 0 Å². The van der Waals surface area contributed by atoms with Gasteiger partial charge in [0.1, 0.15) is 12.4 Å². The smallest absolute Gasteiger partial charge is 0.394 e. The Morgan fingerprint density at radius 3 is 2.67 bits per heavy atom. The van der Waals surface area contributed by atoms with Gasteiger partial charge < -0.3 is 25.0 Å². The zero-order valence-electron chi connectivity index (χ0n) is 14.8. The van der Waals surface area contributed by atoms with Gasteiger partial charge in [-0.3, -0.25) is 19.7 Å². The van der Waals surface area contributed by atoms with Crippen LogP contribution in [0.1, 0.15) is 20.7 Å². The third-order valence-corrected chi connectivity index (χ3v) is 5.83. The van der Waals surface area contributed by atoms with E-state index in [4.69, 9.17) is 14.6 Å². The number of amides is 3. The molecule has 3 heterocycles. The highest BCUT2D eigenvalue weighted by molar-refractivity contribution is 8.04. The number of aliphatic carboxylic acids is 2. The molecule has 0 spiro atoms. The second kappa shape index (κ2) is 7.22. The fourth-order valence-corrected chi connectivity index (χ4v) is 4.55. The summed E-state index contributed by atoms with van der Waals surface area (Å²) in [5.41, 5.74) is -0.0125. The van der Waals surface area contributed by atoms with Crippen LogP contribution in [0, 0.1) is 5.92 Å². The van der Waals surface area contributed by atoms with Gasteiger partial charge in [0.2, 0.25) is 0 Å². The molecule has 0 saturated carbocycles. The molecule has 1 aromatic carbocycles. The van der Waals surface area contributed by atoms with Crippen LogP contribution in [0.5, 0.6) is 5.75 Å². The minimum atomic E-state index is -1.75. The summed E-state index contributed by atoms with van der Waals surface area (Å²) >= 11 is 0.975. The maximum Gasteiger partial charge on any atom is 0.394 e. The monoisotopic (exact) mass is 432 g/mol. The van der Waals surface area contributed by atoms with Gasteiger partial charge in [-0.1, -0.05) is 17.8 Å². The van der Waals surface area contributed by atoms with Crippen molar-refractivity contribution in [1.82, 2.24) is 10.6 Å². The number of ether oxygens (including phenoxy) is 2. The zero-order chi connectivity index (χ0) is 21.6. The van der Waals surface area contributed by atoms with Crippen LogP contribution in [-0.4, -0.2) is 51.7 Å². The normalized spacial score (nSPS) is 21.8. The van der Waals surface area contributed by atoms with Gasteiger partial charge in [-0.2, -0.15) is 0 Å². The van der Waals surface area contributed by atoms with Gasteiger partial charge >= 0.3 is 17.8 Å². The molecule has 0 saturated heterocycles. The zero-order valence-corrected chi connectivity index (χ0v) is 15.6. The van der Waals surface area contributed by atoms with Crippen molar-refractivity contribution in [3.63, 3.8) is 0 Å². The van der Waals surface area contributed by atoms with E-state index in [9.17, 15) is 29.1 Å². The number of benzene rings is 1. The second-order valence-corrected chi connectivity index (χ2v) is 7.60. The van der Waals surface area contributed by atoms with E-state index in [1.54, 1.807) is 0 Å². The molecule has 3 aliphatic heterocycles. The first kappa shape index (κ1) is 19.5. The molecular formula is C18H12N2O9S. The summed E-state index contributed by atoms with van der Waals surface area (Å²) < 4.78 is 11.1. The lowest BCUT2D eigenvalue weighted by molar-refractivity contribution is -0.149. The van der Waals surface area contributed by atoms with Gasteiger partial charge in [0.15, 0.2) is 0 Å². The Labute approximate surface area is 171 Å². The van der Waals surface area contributed by atoms with E-state index in [-0.39, 0.29) is 40.0 Å². The summed E-state index contributed by atoms with van der Waals surface area (Å²) in [5, 5.41) is 22.0. The molecule has 0 aromatic heterocycles. The molecule has 1 aromatic rings. The number of allylic oxidation sites excluding steroid dienone is 1. The minimum Gasteiger partial charge on any atom is -0.478 e. The number of hydrogen-bond donors (Lipinski definition) is 4. The Balaban J connectivity index is 1.64. The molecule has 154 valence electrons. The predicted octanol–water partition coefficient (Wildman–Crippen LogP) is 0.0492. The number of carboxylic acid groups (broad SMARTS) is 2. The van der Waals surface area contributed by atoms with Crippen molar-refractivity contribution in [3.05, 3.63) is 51.9 Å². The highest BCUT2D eigenvalue weighted by atomic mass is 32.2. The first-order chi connectivity index (χ1) is 14.3. The third-order valence-electron chi connectivity index (χ3n) is 4.54. The Kier molecular flexibility index (Phi) is 4.70. The van der Waals surface area contributed by atoms with E-state index < -0.39 is 40.8 Å². The number of nitrogens with one attached hydrogen (secondary N) is 2. The van der Waals surface area contributed by atoms with Gasteiger partial charge in [-0.05, 0) is 12.1 Å². The third kappa shape index (κ3) is 3.26. The van der Waals surface area contributed by atoms with E-state index in [2.05, 4.69) is 10.6 Å². The molecule has 3 amide bonds. The Morgan fingerprint density at radius 2 is 1.97 bits per heavy atom. The van der Waals surface area contributed by atoms with Crippen molar-refractivity contribution >= 4 is 41.4 Å². The number of hydrogen-bond acceptors (Lipinski definition) is 8. The molecule has 11 nitrogen and oxygen atoms in total. The lowest BCUT2D eigenvalue weighted by atomic mass is 9.95. The van der Waals surface area contributed by atoms with E-state index in [0.717, 1.165) is 11.8 Å². The van der Waals surface area contributed by atoms with E-state index in [0.29, 0.717) is 0 Å². The summed E-state index contributed by atoms with van der Waals surface area (Å²) in [6.45, 7) is 0.00450. The highest BCUT2D eigenvalue weighted by Crippen LogP contribution is 2.45. The van der Waals surface area contributed by atoms with Crippen LogP contribution in [0.2, 0.25) is 0 Å². The Hall–Kier alpha value is -3.80. The first-order valence-corrected chi connectivity index (χ1v) is 9.33. The Bertz CT molecular complexity index is 1090. The average molecular weight is 432 g/mol. The number of thioether (sulfide) groups is 1. The standard InChI is InChI=1S/C18H12N2O9S/c21-13-6-2-1-3-8(11(6)14(22)19-13)29-10-4-7-9(5-28-10)30-16(12(7)17(24)25)20-15(23)18(26)27/h1-4,7,9H,5H2,(H,20,23)(H,24,25)(H,26,27)(H,19,21,22). The van der Waals surface area contributed by atoms with Crippen LogP contribution >= 0.6 is 11.8 Å². The number of carboxylic acids is 2. The fourth-order valence-electron chi connectivity index (χ4n) is 3.25. The molecule has 0 bridgehead atoms. The highest BCUT2D eigenvalue weighted by Gasteiger charge is 2.43. The number of imide groups is 1. The molecule has 3 aliphatic rings. The summed E-state index contributed by atoms with van der Waals surface area (Å²) in [6.07, 6.45) is 1.37. The summed E-state index contributed by atoms with van der Waals surface area (Å²) in [4.78, 5) is 57.8. The predicted molar refractivity (Wildman–Crippen MR) is 98.2 cm³/mol. The van der Waals surface area contributed by atoms with Crippen LogP contribution < -0.4 is 15.4 Å². The quantitative estimate of drug-likeness (QED) is 0.377. The topological polar surface area (TPSA) is 168 Å². The maximum absolute atomic E-state index is 12.0. The molecule has 30 heavy (non-hydrogen) atoms. The minimum absolute atomic E-state index is 0.00450. The van der Waals surface area contributed by atoms with Crippen molar-refractivity contribution in [1.29, 1.82) is 0 Å². The maximum atomic E-state index is 12.0. The Morgan fingerprint density at radius 1 is 1.20 bits per heavy atom. The van der Waals surface area contributed by atoms with Crippen molar-refractivity contribution in [2.45, 2.75) is 5.25 Å². The fraction of sp³-hybridized carbons (Fsp3) is 0.167. The molecule has 2 atom stereocenters. The first-order valence-electron chi connectivity index (χ1n) is 8.45. The van der Waals surface area contributed by atoms with Gasteiger partial charge in [-0.25, -0.2) is 9.59 Å². The molecular weight excluding hydrogens is 420 g/mol. The number of carbonyl (C=O) groups is 5. The molecule has 4 N–H and O–H groups in total. The van der Waals surface area contributed by atoms with Crippen LogP contribution in [0.3, 0.4) is 0 Å². The van der Waals surface area contributed by atoms with Gasteiger partial charge in [0.05, 0.1) is 27.0 Å². The summed E-state index contributed by atoms with van der Waals surface area (Å²) in [7, 11) is 0. The summed E-state index contributed by atoms with van der Waals surface area (Å²) in [5.74, 6) is -6.38. The van der Waals surface area contributed by atoms with E-state index in [1.807, 2.05) is 0 Å². The molecule has 0 aliphatic carbocycles. The molecule has 0 radical (unpaired) electrons. The van der Waals surface area contributed by atoms with E-state index >= 15 is 0 Å². The van der Waals surface area contributed by atoms with Crippen LogP contribution in [0.4, 0.5) is 0 Å². The van der Waals surface area contributed by atoms with Crippen molar-refractivity contribution < 1.29 is 43.7 Å². The largest absolute Gasteiger partial charge is 0.478 e. The van der Waals surface area contributed by atoms with Crippen LogP contribution in [-0.2, 0) is 19.1 Å². The van der Waals surface area contributed by atoms with E-state index in [1.165, 1.54) is 24.3 Å². The average Bonchev–Trinajstić information content (AvgIpc) is 3.18. The molecule has 12 heteroatoms.